The molecule has 0 aliphatic rings. The van der Waals surface area contributed by atoms with Crippen molar-refractivity contribution in [2.24, 2.45) is 5.10 Å². The van der Waals surface area contributed by atoms with Crippen LogP contribution in [-0.4, -0.2) is 31.2 Å². The van der Waals surface area contributed by atoms with Gasteiger partial charge in [-0.25, -0.2) is 5.43 Å². The fourth-order valence-corrected chi connectivity index (χ4v) is 4.12. The average molecular weight is 680 g/mol. The van der Waals surface area contributed by atoms with Crippen LogP contribution in [0.3, 0.4) is 0 Å². The third-order valence-electron chi connectivity index (χ3n) is 4.71. The topological polar surface area (TPSA) is 89.0 Å². The van der Waals surface area contributed by atoms with Gasteiger partial charge in [0.1, 0.15) is 0 Å². The van der Waals surface area contributed by atoms with Gasteiger partial charge in [0.05, 0.1) is 32.0 Å². The molecule has 0 heterocycles. The summed E-state index contributed by atoms with van der Waals surface area (Å²) in [5, 5.41) is 7.13. The quantitative estimate of drug-likeness (QED) is 0.148. The maximum Gasteiger partial charge on any atom is 0.416 e. The molecule has 0 saturated carbocycles. The van der Waals surface area contributed by atoms with E-state index >= 15 is 0 Å². The van der Waals surface area contributed by atoms with Crippen LogP contribution < -0.4 is 20.2 Å². The van der Waals surface area contributed by atoms with Crippen LogP contribution in [0.4, 0.5) is 18.9 Å². The zero-order valence-corrected chi connectivity index (χ0v) is 23.2. The third-order valence-corrected chi connectivity index (χ3v) is 6.25. The van der Waals surface area contributed by atoms with E-state index < -0.39 is 23.6 Å². The first kappa shape index (κ1) is 29.5. The fourth-order valence-electron chi connectivity index (χ4n) is 3.04. The first-order chi connectivity index (χ1) is 18.0. The van der Waals surface area contributed by atoms with E-state index in [0.717, 1.165) is 18.2 Å². The number of hydrogen-bond acceptors (Lipinski definition) is 5. The highest BCUT2D eigenvalue weighted by molar-refractivity contribution is 14.1. The predicted octanol–water partition coefficient (Wildman–Crippen LogP) is 6.80. The van der Waals surface area contributed by atoms with Crippen molar-refractivity contribution < 1.29 is 32.2 Å². The molecule has 0 fully saturated rings. The summed E-state index contributed by atoms with van der Waals surface area (Å²) < 4.78 is 50.6. The molecule has 0 aliphatic heterocycles. The van der Waals surface area contributed by atoms with Gasteiger partial charge in [-0.2, -0.15) is 18.3 Å². The SMILES string of the molecule is CCOc1cc(/C=N/NC(=O)c2cccc(C(F)(F)F)c2)cc(I)c1OCC(=O)Nc1ccc(Cl)c(Cl)c1. The summed E-state index contributed by atoms with van der Waals surface area (Å²) in [7, 11) is 0. The molecule has 38 heavy (non-hydrogen) atoms. The number of halogens is 6. The lowest BCUT2D eigenvalue weighted by molar-refractivity contribution is -0.137. The molecule has 0 aromatic heterocycles. The van der Waals surface area contributed by atoms with Gasteiger partial charge in [0.15, 0.2) is 18.1 Å². The second kappa shape index (κ2) is 13.2. The lowest BCUT2D eigenvalue weighted by Gasteiger charge is -2.14. The number of alkyl halides is 3. The molecule has 0 unspecified atom stereocenters. The van der Waals surface area contributed by atoms with E-state index in [0.29, 0.717) is 43.0 Å². The van der Waals surface area contributed by atoms with E-state index in [1.54, 1.807) is 31.2 Å². The molecule has 0 atom stereocenters. The summed E-state index contributed by atoms with van der Waals surface area (Å²) in [5.41, 5.74) is 2.03. The first-order valence-corrected chi connectivity index (χ1v) is 12.7. The van der Waals surface area contributed by atoms with Crippen LogP contribution in [0.25, 0.3) is 0 Å². The van der Waals surface area contributed by atoms with Crippen molar-refractivity contribution >= 4 is 69.5 Å². The van der Waals surface area contributed by atoms with Crippen molar-refractivity contribution in [3.8, 4) is 11.5 Å². The number of carbonyl (C=O) groups is 2. The maximum atomic E-state index is 12.9. The Hall–Kier alpha value is -3.03. The molecule has 2 N–H and O–H groups in total. The standard InChI is InChI=1S/C25H19Cl2F3IN3O4/c1-2-37-21-9-14(12-32-34-24(36)15-4-3-5-16(10-15)25(28,29)30)8-20(31)23(21)38-13-22(35)33-17-6-7-18(26)19(27)11-17/h3-12H,2,13H2,1H3,(H,33,35)(H,34,36)/b32-12+. The van der Waals surface area contributed by atoms with E-state index in [-0.39, 0.29) is 12.2 Å². The van der Waals surface area contributed by atoms with E-state index in [2.05, 4.69) is 15.8 Å². The van der Waals surface area contributed by atoms with Crippen LogP contribution in [-0.2, 0) is 11.0 Å². The molecule has 0 bridgehead atoms. The summed E-state index contributed by atoms with van der Waals surface area (Å²) in [4.78, 5) is 24.6. The van der Waals surface area contributed by atoms with Crippen molar-refractivity contribution in [3.05, 3.63) is 84.9 Å². The van der Waals surface area contributed by atoms with Crippen LogP contribution >= 0.6 is 45.8 Å². The van der Waals surface area contributed by atoms with Gasteiger partial charge in [0.2, 0.25) is 0 Å². The summed E-state index contributed by atoms with van der Waals surface area (Å²) in [5.74, 6) is -0.598. The highest BCUT2D eigenvalue weighted by Crippen LogP contribution is 2.34. The summed E-state index contributed by atoms with van der Waals surface area (Å²) in [6.45, 7) is 1.75. The van der Waals surface area contributed by atoms with Gasteiger partial charge in [-0.15, -0.1) is 0 Å². The summed E-state index contributed by atoms with van der Waals surface area (Å²) in [6, 6.07) is 11.9. The summed E-state index contributed by atoms with van der Waals surface area (Å²) in [6.07, 6.45) is -3.27. The largest absolute Gasteiger partial charge is 0.490 e. The number of benzene rings is 3. The molecule has 3 rings (SSSR count). The minimum Gasteiger partial charge on any atom is -0.490 e. The van der Waals surface area contributed by atoms with E-state index in [1.165, 1.54) is 18.3 Å². The lowest BCUT2D eigenvalue weighted by Crippen LogP contribution is -2.20. The van der Waals surface area contributed by atoms with Crippen molar-refractivity contribution in [2.45, 2.75) is 13.1 Å². The normalized spacial score (nSPS) is 11.3. The Morgan fingerprint density at radius 2 is 1.82 bits per heavy atom. The smallest absolute Gasteiger partial charge is 0.416 e. The third kappa shape index (κ3) is 8.23. The zero-order valence-electron chi connectivity index (χ0n) is 19.5. The van der Waals surface area contributed by atoms with Crippen LogP contribution in [0.2, 0.25) is 10.0 Å². The van der Waals surface area contributed by atoms with Crippen LogP contribution in [0.5, 0.6) is 11.5 Å². The Kier molecular flexibility index (Phi) is 10.2. The number of hydrazone groups is 1. The monoisotopic (exact) mass is 679 g/mol. The number of anilines is 1. The number of nitrogens with one attached hydrogen (secondary N) is 2. The molecule has 2 amide bonds. The molecule has 13 heteroatoms. The Bertz CT molecular complexity index is 1370. The number of carbonyl (C=O) groups excluding carboxylic acids is 2. The molecule has 0 aliphatic carbocycles. The molecule has 0 radical (unpaired) electrons. The van der Waals surface area contributed by atoms with Crippen LogP contribution in [0, 0.1) is 3.57 Å². The maximum absolute atomic E-state index is 12.9. The Balaban J connectivity index is 1.67. The molecule has 200 valence electrons. The number of amides is 2. The molecule has 0 spiro atoms. The molecule has 3 aromatic carbocycles. The van der Waals surface area contributed by atoms with E-state index in [1.807, 2.05) is 22.6 Å². The van der Waals surface area contributed by atoms with Gasteiger partial charge in [-0.1, -0.05) is 29.3 Å². The van der Waals surface area contributed by atoms with Gasteiger partial charge >= 0.3 is 6.18 Å². The summed E-state index contributed by atoms with van der Waals surface area (Å²) >= 11 is 13.8. The Morgan fingerprint density at radius 1 is 1.05 bits per heavy atom. The molecular weight excluding hydrogens is 661 g/mol. The van der Waals surface area contributed by atoms with Crippen LogP contribution in [0.1, 0.15) is 28.4 Å². The van der Waals surface area contributed by atoms with Crippen molar-refractivity contribution in [1.82, 2.24) is 5.43 Å². The van der Waals surface area contributed by atoms with E-state index in [9.17, 15) is 22.8 Å². The number of hydrogen-bond donors (Lipinski definition) is 2. The minimum atomic E-state index is -4.57. The van der Waals surface area contributed by atoms with Crippen molar-refractivity contribution in [1.29, 1.82) is 0 Å². The number of rotatable bonds is 9. The Morgan fingerprint density at radius 3 is 2.50 bits per heavy atom. The molecule has 7 nitrogen and oxygen atoms in total. The highest BCUT2D eigenvalue weighted by atomic mass is 127. The van der Waals surface area contributed by atoms with Gasteiger partial charge in [-0.05, 0) is 83.6 Å². The van der Waals surface area contributed by atoms with Gasteiger partial charge < -0.3 is 14.8 Å². The average Bonchev–Trinajstić information content (AvgIpc) is 2.85. The Labute approximate surface area is 239 Å². The second-order valence-corrected chi connectivity index (χ2v) is 9.48. The zero-order chi connectivity index (χ0) is 27.9. The number of ether oxygens (including phenoxy) is 2. The van der Waals surface area contributed by atoms with Gasteiger partial charge in [0.25, 0.3) is 11.8 Å². The van der Waals surface area contributed by atoms with Gasteiger partial charge in [0, 0.05) is 11.3 Å². The first-order valence-electron chi connectivity index (χ1n) is 10.8. The molecular formula is C25H19Cl2F3IN3O4. The molecule has 0 saturated heterocycles. The minimum absolute atomic E-state index is 0.190. The molecule has 3 aromatic rings. The second-order valence-electron chi connectivity index (χ2n) is 7.51. The highest BCUT2D eigenvalue weighted by Gasteiger charge is 2.30. The van der Waals surface area contributed by atoms with E-state index in [4.69, 9.17) is 32.7 Å². The number of nitrogens with zero attached hydrogens (tertiary/aromatic N) is 1. The van der Waals surface area contributed by atoms with Crippen LogP contribution in [0.15, 0.2) is 59.7 Å². The van der Waals surface area contributed by atoms with Gasteiger partial charge in [-0.3, -0.25) is 9.59 Å². The predicted molar refractivity (Wildman–Crippen MR) is 147 cm³/mol. The van der Waals surface area contributed by atoms with Crippen molar-refractivity contribution in [3.63, 3.8) is 0 Å². The lowest BCUT2D eigenvalue weighted by atomic mass is 10.1. The fraction of sp³-hybridized carbons (Fsp3) is 0.160. The van der Waals surface area contributed by atoms with Crippen molar-refractivity contribution in [2.75, 3.05) is 18.5 Å².